The van der Waals surface area contributed by atoms with Gasteiger partial charge in [0.25, 0.3) is 0 Å². The van der Waals surface area contributed by atoms with Gasteiger partial charge in [0.15, 0.2) is 0 Å². The van der Waals surface area contributed by atoms with Gasteiger partial charge in [-0.1, -0.05) is 30.3 Å². The van der Waals surface area contributed by atoms with Crippen LogP contribution in [0.5, 0.6) is 0 Å². The van der Waals surface area contributed by atoms with Crippen molar-refractivity contribution in [2.45, 2.75) is 18.3 Å². The van der Waals surface area contributed by atoms with Crippen molar-refractivity contribution in [1.82, 2.24) is 0 Å². The van der Waals surface area contributed by atoms with Gasteiger partial charge in [0.1, 0.15) is 18.3 Å². The number of aliphatic hydroxyl groups excluding tert-OH is 4. The third-order valence-corrected chi connectivity index (χ3v) is 2.43. The van der Waals surface area contributed by atoms with Crippen LogP contribution in [0.3, 0.4) is 0 Å². The van der Waals surface area contributed by atoms with Gasteiger partial charge in [-0.25, -0.2) is 0 Å². The van der Waals surface area contributed by atoms with Gasteiger partial charge in [-0.05, 0) is 0 Å². The smallest absolute Gasteiger partial charge is 0.234 e. The number of aliphatic hydroxyl groups is 4. The molecule has 6 heteroatoms. The molecule has 0 saturated heterocycles. The lowest BCUT2D eigenvalue weighted by molar-refractivity contribution is -0.135. The molecule has 0 unspecified atom stereocenters. The van der Waals surface area contributed by atoms with E-state index in [2.05, 4.69) is 0 Å². The Bertz CT molecular complexity index is 416. The fourth-order valence-corrected chi connectivity index (χ4v) is 1.34. The van der Waals surface area contributed by atoms with E-state index >= 15 is 0 Å². The van der Waals surface area contributed by atoms with Crippen LogP contribution in [0.25, 0.3) is 0 Å². The van der Waals surface area contributed by atoms with Crippen molar-refractivity contribution in [2.24, 2.45) is 0 Å². The summed E-state index contributed by atoms with van der Waals surface area (Å²) in [4.78, 5) is 23.2. The van der Waals surface area contributed by atoms with Gasteiger partial charge in [0, 0.05) is 5.56 Å². The maximum atomic E-state index is 11.6. The zero-order valence-electron chi connectivity index (χ0n) is 9.43. The Balaban J connectivity index is 2.79. The summed E-state index contributed by atoms with van der Waals surface area (Å²) in [6.45, 7) is -0.828. The Morgan fingerprint density at radius 1 is 1.06 bits per heavy atom. The van der Waals surface area contributed by atoms with E-state index in [0.29, 0.717) is 0 Å². The van der Waals surface area contributed by atoms with Crippen LogP contribution in [0.4, 0.5) is 0 Å². The van der Waals surface area contributed by atoms with Gasteiger partial charge in [0.05, 0.1) is 6.61 Å². The van der Waals surface area contributed by atoms with Crippen molar-refractivity contribution in [2.75, 3.05) is 6.61 Å². The summed E-state index contributed by atoms with van der Waals surface area (Å²) in [7, 11) is 0. The molecule has 4 N–H and O–H groups in total. The van der Waals surface area contributed by atoms with Gasteiger partial charge in [0.2, 0.25) is 11.6 Å². The van der Waals surface area contributed by atoms with Crippen molar-refractivity contribution < 1.29 is 30.0 Å². The van der Waals surface area contributed by atoms with Crippen LogP contribution in [0, 0.1) is 0 Å². The van der Waals surface area contributed by atoms with Crippen LogP contribution in [-0.2, 0) is 4.79 Å². The van der Waals surface area contributed by atoms with Crippen LogP contribution in [0.1, 0.15) is 10.4 Å². The molecule has 98 valence electrons. The second kappa shape index (κ2) is 6.36. The molecule has 3 atom stereocenters. The predicted molar refractivity (Wildman–Crippen MR) is 60.9 cm³/mol. The first kappa shape index (κ1) is 14.5. The molecule has 0 heterocycles. The number of benzene rings is 1. The monoisotopic (exact) mass is 254 g/mol. The summed E-state index contributed by atoms with van der Waals surface area (Å²) in [6.07, 6.45) is -5.66. The van der Waals surface area contributed by atoms with E-state index < -0.39 is 36.5 Å². The first-order chi connectivity index (χ1) is 8.49. The quantitative estimate of drug-likeness (QED) is 0.363. The number of ketones is 2. The topological polar surface area (TPSA) is 115 Å². The molecule has 0 amide bonds. The summed E-state index contributed by atoms with van der Waals surface area (Å²) < 4.78 is 0. The molecule has 6 nitrogen and oxygen atoms in total. The molecular formula is C12H14O6. The number of Topliss-reactive ketones (excluding diaryl/α,β-unsaturated/α-hetero) is 2. The summed E-state index contributed by atoms with van der Waals surface area (Å²) in [5, 5.41) is 36.4. The molecule has 1 rings (SSSR count). The van der Waals surface area contributed by atoms with Gasteiger partial charge < -0.3 is 20.4 Å². The van der Waals surface area contributed by atoms with E-state index in [1.165, 1.54) is 12.1 Å². The van der Waals surface area contributed by atoms with Crippen LogP contribution < -0.4 is 0 Å². The minimum atomic E-state index is -2.07. The minimum absolute atomic E-state index is 0.0761. The van der Waals surface area contributed by atoms with Gasteiger partial charge in [-0.15, -0.1) is 0 Å². The Hall–Kier alpha value is -1.60. The van der Waals surface area contributed by atoms with Crippen molar-refractivity contribution in [3.8, 4) is 0 Å². The van der Waals surface area contributed by atoms with Crippen LogP contribution in [-0.4, -0.2) is 56.9 Å². The lowest BCUT2D eigenvalue weighted by Crippen LogP contribution is -2.46. The summed E-state index contributed by atoms with van der Waals surface area (Å²) in [6, 6.07) is 7.53. The molecule has 0 aliphatic carbocycles. The second-order valence-corrected chi connectivity index (χ2v) is 3.74. The van der Waals surface area contributed by atoms with Crippen molar-refractivity contribution >= 4 is 11.6 Å². The molecule has 0 bridgehead atoms. The molecule has 0 radical (unpaired) electrons. The van der Waals surface area contributed by atoms with E-state index in [-0.39, 0.29) is 5.56 Å². The van der Waals surface area contributed by atoms with Crippen LogP contribution in [0.15, 0.2) is 30.3 Å². The average molecular weight is 254 g/mol. The third kappa shape index (κ3) is 3.21. The van der Waals surface area contributed by atoms with E-state index in [1.54, 1.807) is 18.2 Å². The summed E-state index contributed by atoms with van der Waals surface area (Å²) in [5.74, 6) is -2.20. The van der Waals surface area contributed by atoms with Crippen LogP contribution in [0.2, 0.25) is 0 Å². The Labute approximate surface area is 103 Å². The highest BCUT2D eigenvalue weighted by molar-refractivity contribution is 6.45. The molecular weight excluding hydrogens is 240 g/mol. The predicted octanol–water partition coefficient (Wildman–Crippen LogP) is -1.49. The van der Waals surface area contributed by atoms with Crippen molar-refractivity contribution in [3.05, 3.63) is 35.9 Å². The first-order valence-corrected chi connectivity index (χ1v) is 5.27. The molecule has 0 saturated carbocycles. The maximum absolute atomic E-state index is 11.6. The van der Waals surface area contributed by atoms with Gasteiger partial charge in [-0.2, -0.15) is 0 Å². The van der Waals surface area contributed by atoms with Gasteiger partial charge in [-0.3, -0.25) is 9.59 Å². The molecule has 1 aromatic rings. The summed E-state index contributed by atoms with van der Waals surface area (Å²) in [5.41, 5.74) is 0.0761. The highest BCUT2D eigenvalue weighted by Crippen LogP contribution is 2.07. The average Bonchev–Trinajstić information content (AvgIpc) is 2.44. The fourth-order valence-electron chi connectivity index (χ4n) is 1.34. The van der Waals surface area contributed by atoms with Gasteiger partial charge >= 0.3 is 0 Å². The molecule has 0 aliphatic rings. The van der Waals surface area contributed by atoms with E-state index in [0.717, 1.165) is 0 Å². The minimum Gasteiger partial charge on any atom is -0.394 e. The zero-order chi connectivity index (χ0) is 13.7. The number of hydrogen-bond acceptors (Lipinski definition) is 6. The maximum Gasteiger partial charge on any atom is 0.234 e. The number of hydrogen-bond donors (Lipinski definition) is 4. The lowest BCUT2D eigenvalue weighted by Gasteiger charge is -2.19. The Kier molecular flexibility index (Phi) is 5.11. The normalized spacial score (nSPS) is 15.8. The summed E-state index contributed by atoms with van der Waals surface area (Å²) >= 11 is 0. The highest BCUT2D eigenvalue weighted by atomic mass is 16.4. The fraction of sp³-hybridized carbons (Fsp3) is 0.333. The molecule has 0 aliphatic heterocycles. The molecule has 1 aromatic carbocycles. The molecule has 18 heavy (non-hydrogen) atoms. The Morgan fingerprint density at radius 2 is 1.61 bits per heavy atom. The Morgan fingerprint density at radius 3 is 2.11 bits per heavy atom. The standard InChI is InChI=1S/C12H14O6/c13-6-8(14)10(16)12(18)11(17)9(15)7-4-2-1-3-5-7/h1-5,8,10,12-14,16,18H,6H2/t8-,10-,12-/m0/s1. The van der Waals surface area contributed by atoms with E-state index in [4.69, 9.17) is 10.2 Å². The van der Waals surface area contributed by atoms with E-state index in [9.17, 15) is 19.8 Å². The number of rotatable bonds is 6. The lowest BCUT2D eigenvalue weighted by atomic mass is 9.98. The van der Waals surface area contributed by atoms with E-state index in [1.807, 2.05) is 0 Å². The molecule has 0 fully saturated rings. The molecule has 0 spiro atoms. The number of carbonyl (C=O) groups excluding carboxylic acids is 2. The van der Waals surface area contributed by atoms with Crippen molar-refractivity contribution in [1.29, 1.82) is 0 Å². The first-order valence-electron chi connectivity index (χ1n) is 5.27. The number of carbonyl (C=O) groups is 2. The zero-order valence-corrected chi connectivity index (χ0v) is 9.43. The SMILES string of the molecule is O=C(C(=O)[C@@H](O)[C@@H](O)[C@@H](O)CO)c1ccccc1. The highest BCUT2D eigenvalue weighted by Gasteiger charge is 2.33. The molecule has 0 aromatic heterocycles. The van der Waals surface area contributed by atoms with Crippen LogP contribution >= 0.6 is 0 Å². The second-order valence-electron chi connectivity index (χ2n) is 3.74. The van der Waals surface area contributed by atoms with Crippen molar-refractivity contribution in [3.63, 3.8) is 0 Å². The largest absolute Gasteiger partial charge is 0.394 e. The third-order valence-electron chi connectivity index (χ3n) is 2.43.